The van der Waals surface area contributed by atoms with Crippen LogP contribution in [0, 0.1) is 0 Å². The minimum Gasteiger partial charge on any atom is -0.493 e. The van der Waals surface area contributed by atoms with Crippen molar-refractivity contribution in [2.45, 2.75) is 39.7 Å². The average molecular weight is 330 g/mol. The maximum atomic E-state index is 5.71. The molecule has 0 aromatic heterocycles. The van der Waals surface area contributed by atoms with Gasteiger partial charge in [0.05, 0.1) is 13.7 Å². The molecule has 3 nitrogen and oxygen atoms in total. The van der Waals surface area contributed by atoms with E-state index in [2.05, 4.69) is 34.2 Å². The summed E-state index contributed by atoms with van der Waals surface area (Å²) in [5.41, 5.74) is 1.13. The Morgan fingerprint density at radius 3 is 2.63 bits per heavy atom. The molecule has 0 aliphatic carbocycles. The SMILES string of the molecule is CCCCCNCc1cc(Br)cc(OC)c1OCC. The standard InChI is InChI=1S/C15H24BrNO2/c1-4-6-7-8-17-11-12-9-13(16)10-14(18-3)15(12)19-5-2/h9-10,17H,4-8,11H2,1-3H3. The van der Waals surface area contributed by atoms with Crippen LogP contribution in [0.25, 0.3) is 0 Å². The molecule has 1 rings (SSSR count). The third-order valence-corrected chi connectivity index (χ3v) is 3.34. The van der Waals surface area contributed by atoms with Crippen molar-refractivity contribution in [2.24, 2.45) is 0 Å². The summed E-state index contributed by atoms with van der Waals surface area (Å²) in [5, 5.41) is 3.46. The van der Waals surface area contributed by atoms with Gasteiger partial charge in [-0.25, -0.2) is 0 Å². The van der Waals surface area contributed by atoms with Gasteiger partial charge in [0.2, 0.25) is 0 Å². The van der Waals surface area contributed by atoms with Crippen molar-refractivity contribution in [3.63, 3.8) is 0 Å². The van der Waals surface area contributed by atoms with Crippen molar-refractivity contribution < 1.29 is 9.47 Å². The Balaban J connectivity index is 2.71. The van der Waals surface area contributed by atoms with Gasteiger partial charge in [-0.05, 0) is 32.0 Å². The Morgan fingerprint density at radius 2 is 2.00 bits per heavy atom. The molecule has 0 radical (unpaired) electrons. The normalized spacial score (nSPS) is 10.5. The van der Waals surface area contributed by atoms with Gasteiger partial charge < -0.3 is 14.8 Å². The van der Waals surface area contributed by atoms with Gasteiger partial charge in [-0.3, -0.25) is 0 Å². The van der Waals surface area contributed by atoms with Crippen LogP contribution >= 0.6 is 15.9 Å². The van der Waals surface area contributed by atoms with Gasteiger partial charge in [-0.1, -0.05) is 35.7 Å². The summed E-state index contributed by atoms with van der Waals surface area (Å²) in [6, 6.07) is 4.02. The third-order valence-electron chi connectivity index (χ3n) is 2.88. The number of halogens is 1. The van der Waals surface area contributed by atoms with E-state index in [1.54, 1.807) is 7.11 Å². The molecule has 0 fully saturated rings. The molecule has 0 aliphatic heterocycles. The number of ether oxygens (including phenoxy) is 2. The Labute approximate surface area is 124 Å². The van der Waals surface area contributed by atoms with Crippen LogP contribution in [-0.2, 0) is 6.54 Å². The fraction of sp³-hybridized carbons (Fsp3) is 0.600. The lowest BCUT2D eigenvalue weighted by atomic mass is 10.1. The van der Waals surface area contributed by atoms with Gasteiger partial charge in [0, 0.05) is 16.6 Å². The van der Waals surface area contributed by atoms with E-state index >= 15 is 0 Å². The zero-order chi connectivity index (χ0) is 14.1. The van der Waals surface area contributed by atoms with E-state index in [9.17, 15) is 0 Å². The molecule has 1 aromatic rings. The van der Waals surface area contributed by atoms with Crippen LogP contribution in [0.5, 0.6) is 11.5 Å². The zero-order valence-electron chi connectivity index (χ0n) is 12.1. The Bertz CT molecular complexity index is 383. The lowest BCUT2D eigenvalue weighted by Gasteiger charge is -2.15. The summed E-state index contributed by atoms with van der Waals surface area (Å²) in [4.78, 5) is 0. The summed E-state index contributed by atoms with van der Waals surface area (Å²) in [6.45, 7) is 6.68. The smallest absolute Gasteiger partial charge is 0.165 e. The second-order valence-corrected chi connectivity index (χ2v) is 5.33. The molecule has 0 bridgehead atoms. The highest BCUT2D eigenvalue weighted by Crippen LogP contribution is 2.34. The molecule has 108 valence electrons. The molecule has 0 spiro atoms. The molecule has 1 N–H and O–H groups in total. The number of unbranched alkanes of at least 4 members (excludes halogenated alkanes) is 2. The molecule has 0 atom stereocenters. The van der Waals surface area contributed by atoms with Crippen LogP contribution in [0.4, 0.5) is 0 Å². The van der Waals surface area contributed by atoms with Gasteiger partial charge in [0.1, 0.15) is 0 Å². The summed E-state index contributed by atoms with van der Waals surface area (Å²) in [6.07, 6.45) is 3.73. The molecule has 19 heavy (non-hydrogen) atoms. The number of rotatable bonds is 9. The van der Waals surface area contributed by atoms with Crippen LogP contribution in [0.15, 0.2) is 16.6 Å². The molecule has 0 saturated carbocycles. The molecule has 0 amide bonds. The van der Waals surface area contributed by atoms with Crippen LogP contribution in [-0.4, -0.2) is 20.3 Å². The zero-order valence-corrected chi connectivity index (χ0v) is 13.7. The summed E-state index contributed by atoms with van der Waals surface area (Å²) in [7, 11) is 1.67. The predicted octanol–water partition coefficient (Wildman–Crippen LogP) is 4.14. The maximum absolute atomic E-state index is 5.71. The summed E-state index contributed by atoms with van der Waals surface area (Å²) in [5.74, 6) is 1.62. The first kappa shape index (κ1) is 16.3. The molecule has 4 heteroatoms. The number of nitrogens with one attached hydrogen (secondary N) is 1. The van der Waals surface area contributed by atoms with E-state index in [0.29, 0.717) is 6.61 Å². The first-order valence-corrected chi connectivity index (χ1v) is 7.72. The summed E-state index contributed by atoms with van der Waals surface area (Å²) < 4.78 is 12.1. The van der Waals surface area contributed by atoms with Crippen LogP contribution < -0.4 is 14.8 Å². The maximum Gasteiger partial charge on any atom is 0.165 e. The predicted molar refractivity (Wildman–Crippen MR) is 83.1 cm³/mol. The van der Waals surface area contributed by atoms with E-state index in [0.717, 1.165) is 34.6 Å². The number of benzene rings is 1. The highest BCUT2D eigenvalue weighted by molar-refractivity contribution is 9.10. The Morgan fingerprint density at radius 1 is 1.21 bits per heavy atom. The topological polar surface area (TPSA) is 30.5 Å². The minimum atomic E-state index is 0.640. The van der Waals surface area contributed by atoms with E-state index in [4.69, 9.17) is 9.47 Å². The van der Waals surface area contributed by atoms with Crippen molar-refractivity contribution in [1.29, 1.82) is 0 Å². The van der Waals surface area contributed by atoms with Gasteiger partial charge in [-0.2, -0.15) is 0 Å². The Hall–Kier alpha value is -0.740. The number of hydrogen-bond donors (Lipinski definition) is 1. The van der Waals surface area contributed by atoms with Crippen molar-refractivity contribution in [2.75, 3.05) is 20.3 Å². The lowest BCUT2D eigenvalue weighted by molar-refractivity contribution is 0.306. The second kappa shape index (κ2) is 9.21. The highest BCUT2D eigenvalue weighted by Gasteiger charge is 2.11. The molecule has 0 saturated heterocycles. The minimum absolute atomic E-state index is 0.640. The molecular weight excluding hydrogens is 306 g/mol. The fourth-order valence-corrected chi connectivity index (χ4v) is 2.42. The van der Waals surface area contributed by atoms with Crippen LogP contribution in [0.1, 0.15) is 38.7 Å². The largest absolute Gasteiger partial charge is 0.493 e. The first-order valence-electron chi connectivity index (χ1n) is 6.92. The van der Waals surface area contributed by atoms with E-state index in [1.165, 1.54) is 19.3 Å². The van der Waals surface area contributed by atoms with Crippen LogP contribution in [0.3, 0.4) is 0 Å². The summed E-state index contributed by atoms with van der Waals surface area (Å²) >= 11 is 3.51. The van der Waals surface area contributed by atoms with Crippen LogP contribution in [0.2, 0.25) is 0 Å². The van der Waals surface area contributed by atoms with Crippen molar-refractivity contribution >= 4 is 15.9 Å². The van der Waals surface area contributed by atoms with E-state index < -0.39 is 0 Å². The van der Waals surface area contributed by atoms with Crippen molar-refractivity contribution in [3.8, 4) is 11.5 Å². The Kier molecular flexibility index (Phi) is 7.91. The van der Waals surface area contributed by atoms with Crippen molar-refractivity contribution in [3.05, 3.63) is 22.2 Å². The van der Waals surface area contributed by atoms with Gasteiger partial charge in [0.15, 0.2) is 11.5 Å². The van der Waals surface area contributed by atoms with Crippen molar-refractivity contribution in [1.82, 2.24) is 5.32 Å². The van der Waals surface area contributed by atoms with Gasteiger partial charge in [-0.15, -0.1) is 0 Å². The monoisotopic (exact) mass is 329 g/mol. The third kappa shape index (κ3) is 5.41. The van der Waals surface area contributed by atoms with E-state index in [1.807, 2.05) is 13.0 Å². The highest BCUT2D eigenvalue weighted by atomic mass is 79.9. The lowest BCUT2D eigenvalue weighted by Crippen LogP contribution is -2.15. The average Bonchev–Trinajstić information content (AvgIpc) is 2.41. The molecule has 1 aromatic carbocycles. The number of methoxy groups -OCH3 is 1. The first-order chi connectivity index (χ1) is 9.22. The second-order valence-electron chi connectivity index (χ2n) is 4.41. The van der Waals surface area contributed by atoms with Gasteiger partial charge >= 0.3 is 0 Å². The van der Waals surface area contributed by atoms with E-state index in [-0.39, 0.29) is 0 Å². The number of hydrogen-bond acceptors (Lipinski definition) is 3. The molecule has 0 unspecified atom stereocenters. The quantitative estimate of drug-likeness (QED) is 0.691. The van der Waals surface area contributed by atoms with Gasteiger partial charge in [0.25, 0.3) is 0 Å². The molecule has 0 aliphatic rings. The fourth-order valence-electron chi connectivity index (χ4n) is 1.94. The molecular formula is C15H24BrNO2. The molecule has 0 heterocycles.